The largest absolute Gasteiger partial charge is 0.449 e. The van der Waals surface area contributed by atoms with Crippen LogP contribution in [0.15, 0.2) is 23.0 Å². The summed E-state index contributed by atoms with van der Waals surface area (Å²) in [6.45, 7) is 1.51. The molecule has 3 aromatic rings. The molecule has 4 N–H and O–H groups in total. The molecule has 130 valence electrons. The number of hydrogen-bond acceptors (Lipinski definition) is 4. The number of aromatic amines is 3. The Hall–Kier alpha value is -2.95. The van der Waals surface area contributed by atoms with E-state index < -0.39 is 23.6 Å². The molecule has 1 aromatic carbocycles. The molecule has 0 unspecified atom stereocenters. The molecule has 7 nitrogen and oxygen atoms in total. The lowest BCUT2D eigenvalue weighted by molar-refractivity contribution is -0.144. The van der Waals surface area contributed by atoms with Crippen LogP contribution in [0.5, 0.6) is 0 Å². The Morgan fingerprint density at radius 3 is 2.60 bits per heavy atom. The fourth-order valence-electron chi connectivity index (χ4n) is 2.29. The van der Waals surface area contributed by atoms with E-state index in [4.69, 9.17) is 12.2 Å². The Balaban J connectivity index is 1.94. The number of rotatable bonds is 2. The standard InChI is InChI=1S/C14H10F3N5O2S/c1-5-9(11(25)22-13(24)18-5)10(23)19-6-2-3-7-8(4-6)21-12(20-7)14(15,16)17/h2-4H,1H3,(H,19,23)(H,20,21)(H2,18,22,24,25). The fraction of sp³-hybridized carbons (Fsp3) is 0.143. The zero-order valence-electron chi connectivity index (χ0n) is 12.5. The summed E-state index contributed by atoms with van der Waals surface area (Å²) >= 11 is 4.96. The summed E-state index contributed by atoms with van der Waals surface area (Å²) in [7, 11) is 0. The number of benzene rings is 1. The number of imidazole rings is 1. The number of carbonyl (C=O) groups excluding carboxylic acids is 1. The average molecular weight is 369 g/mol. The van der Waals surface area contributed by atoms with Gasteiger partial charge in [-0.2, -0.15) is 13.2 Å². The predicted molar refractivity (Wildman–Crippen MR) is 86.0 cm³/mol. The highest BCUT2D eigenvalue weighted by atomic mass is 32.1. The van der Waals surface area contributed by atoms with E-state index >= 15 is 0 Å². The second-order valence-electron chi connectivity index (χ2n) is 5.18. The van der Waals surface area contributed by atoms with Crippen LogP contribution >= 0.6 is 12.2 Å². The number of carbonyl (C=O) groups is 1. The van der Waals surface area contributed by atoms with Gasteiger partial charge in [-0.05, 0) is 25.1 Å². The number of hydrogen-bond donors (Lipinski definition) is 4. The summed E-state index contributed by atoms with van der Waals surface area (Å²) < 4.78 is 38.0. The molecule has 0 atom stereocenters. The first-order valence-corrected chi connectivity index (χ1v) is 7.27. The summed E-state index contributed by atoms with van der Waals surface area (Å²) in [6.07, 6.45) is -4.59. The maximum Gasteiger partial charge on any atom is 0.449 e. The van der Waals surface area contributed by atoms with Gasteiger partial charge >= 0.3 is 11.9 Å². The highest BCUT2D eigenvalue weighted by Gasteiger charge is 2.34. The molecule has 2 heterocycles. The van der Waals surface area contributed by atoms with E-state index in [1.165, 1.54) is 25.1 Å². The van der Waals surface area contributed by atoms with Crippen LogP contribution in [-0.4, -0.2) is 25.8 Å². The molecule has 11 heteroatoms. The van der Waals surface area contributed by atoms with Gasteiger partial charge in [0.05, 0.1) is 16.6 Å². The molecule has 0 saturated heterocycles. The molecule has 25 heavy (non-hydrogen) atoms. The lowest BCUT2D eigenvalue weighted by atomic mass is 10.2. The minimum Gasteiger partial charge on any atom is -0.334 e. The van der Waals surface area contributed by atoms with E-state index in [0.29, 0.717) is 0 Å². The molecule has 1 amide bonds. The number of nitrogens with one attached hydrogen (secondary N) is 4. The zero-order valence-corrected chi connectivity index (χ0v) is 13.4. The molecule has 0 saturated carbocycles. The van der Waals surface area contributed by atoms with Crippen LogP contribution in [0.1, 0.15) is 21.9 Å². The average Bonchev–Trinajstić information content (AvgIpc) is 2.89. The SMILES string of the molecule is Cc1[nH]c(=O)[nH]c(=S)c1C(=O)Nc1ccc2nc(C(F)(F)F)[nH]c2c1. The summed E-state index contributed by atoms with van der Waals surface area (Å²) in [6, 6.07) is 4.08. The highest BCUT2D eigenvalue weighted by Crippen LogP contribution is 2.29. The Bertz CT molecular complexity index is 1100. The van der Waals surface area contributed by atoms with Crippen molar-refractivity contribution in [2.45, 2.75) is 13.1 Å². The van der Waals surface area contributed by atoms with Gasteiger partial charge in [-0.15, -0.1) is 0 Å². The number of amides is 1. The number of aryl methyl sites for hydroxylation is 1. The molecular weight excluding hydrogens is 359 g/mol. The van der Waals surface area contributed by atoms with E-state index in [1.807, 2.05) is 0 Å². The Kier molecular flexibility index (Phi) is 3.95. The van der Waals surface area contributed by atoms with Crippen LogP contribution in [0.3, 0.4) is 0 Å². The Morgan fingerprint density at radius 2 is 1.96 bits per heavy atom. The van der Waals surface area contributed by atoms with Gasteiger partial charge < -0.3 is 15.3 Å². The quantitative estimate of drug-likeness (QED) is 0.521. The summed E-state index contributed by atoms with van der Waals surface area (Å²) in [4.78, 5) is 33.9. The van der Waals surface area contributed by atoms with Gasteiger partial charge in [0.15, 0.2) is 0 Å². The molecule has 0 spiro atoms. The third-order valence-electron chi connectivity index (χ3n) is 3.37. The minimum atomic E-state index is -4.59. The molecule has 0 aliphatic rings. The number of H-pyrrole nitrogens is 3. The van der Waals surface area contributed by atoms with E-state index in [1.54, 1.807) is 0 Å². The maximum atomic E-state index is 12.7. The minimum absolute atomic E-state index is 0.0410. The molecule has 0 radical (unpaired) electrons. The fourth-order valence-corrected chi connectivity index (χ4v) is 2.63. The Labute approximate surface area is 142 Å². The summed E-state index contributed by atoms with van der Waals surface area (Å²) in [5.74, 6) is -1.73. The van der Waals surface area contributed by atoms with Crippen molar-refractivity contribution in [3.63, 3.8) is 0 Å². The molecule has 0 fully saturated rings. The van der Waals surface area contributed by atoms with Crippen molar-refractivity contribution in [3.8, 4) is 0 Å². The molecular formula is C14H10F3N5O2S. The van der Waals surface area contributed by atoms with Gasteiger partial charge in [0.25, 0.3) is 5.91 Å². The first-order chi connectivity index (χ1) is 11.6. The molecule has 3 rings (SSSR count). The van der Waals surface area contributed by atoms with Gasteiger partial charge in [0.2, 0.25) is 5.82 Å². The maximum absolute atomic E-state index is 12.7. The van der Waals surface area contributed by atoms with E-state index in [0.717, 1.165) is 0 Å². The van der Waals surface area contributed by atoms with Crippen LogP contribution in [0.2, 0.25) is 0 Å². The highest BCUT2D eigenvalue weighted by molar-refractivity contribution is 7.71. The van der Waals surface area contributed by atoms with Gasteiger partial charge in [0, 0.05) is 11.4 Å². The van der Waals surface area contributed by atoms with Crippen molar-refractivity contribution in [1.82, 2.24) is 19.9 Å². The lowest BCUT2D eigenvalue weighted by Crippen LogP contribution is -2.21. The summed E-state index contributed by atoms with van der Waals surface area (Å²) in [5.41, 5.74) is 0.271. The van der Waals surface area contributed by atoms with Crippen molar-refractivity contribution < 1.29 is 18.0 Å². The van der Waals surface area contributed by atoms with Crippen molar-refractivity contribution in [3.05, 3.63) is 50.4 Å². The number of aromatic nitrogens is 4. The van der Waals surface area contributed by atoms with Crippen molar-refractivity contribution >= 4 is 34.8 Å². The zero-order chi connectivity index (χ0) is 18.4. The van der Waals surface area contributed by atoms with Gasteiger partial charge in [-0.1, -0.05) is 12.2 Å². The van der Waals surface area contributed by atoms with E-state index in [2.05, 4.69) is 25.3 Å². The summed E-state index contributed by atoms with van der Waals surface area (Å²) in [5, 5.41) is 2.52. The lowest BCUT2D eigenvalue weighted by Gasteiger charge is -2.07. The first-order valence-electron chi connectivity index (χ1n) is 6.86. The third-order valence-corrected chi connectivity index (χ3v) is 3.67. The number of nitrogens with zero attached hydrogens (tertiary/aromatic N) is 1. The van der Waals surface area contributed by atoms with Crippen molar-refractivity contribution in [1.29, 1.82) is 0 Å². The second-order valence-corrected chi connectivity index (χ2v) is 5.59. The van der Waals surface area contributed by atoms with Gasteiger partial charge in [-0.25, -0.2) is 9.78 Å². The number of alkyl halides is 3. The molecule has 0 bridgehead atoms. The smallest absolute Gasteiger partial charge is 0.334 e. The number of fused-ring (bicyclic) bond motifs is 1. The normalized spacial score (nSPS) is 11.7. The molecule has 0 aliphatic carbocycles. The van der Waals surface area contributed by atoms with Crippen molar-refractivity contribution in [2.24, 2.45) is 0 Å². The number of anilines is 1. The van der Waals surface area contributed by atoms with Crippen LogP contribution < -0.4 is 11.0 Å². The monoisotopic (exact) mass is 369 g/mol. The Morgan fingerprint density at radius 1 is 1.24 bits per heavy atom. The molecule has 2 aromatic heterocycles. The third kappa shape index (κ3) is 3.31. The van der Waals surface area contributed by atoms with Gasteiger partial charge in [-0.3, -0.25) is 9.78 Å². The van der Waals surface area contributed by atoms with Crippen molar-refractivity contribution in [2.75, 3.05) is 5.32 Å². The topological polar surface area (TPSA) is 106 Å². The van der Waals surface area contributed by atoms with E-state index in [-0.39, 0.29) is 32.6 Å². The first kappa shape index (κ1) is 16.9. The van der Waals surface area contributed by atoms with E-state index in [9.17, 15) is 22.8 Å². The second kappa shape index (κ2) is 5.84. The van der Waals surface area contributed by atoms with Crippen LogP contribution in [-0.2, 0) is 6.18 Å². The predicted octanol–water partition coefficient (Wildman–Crippen LogP) is 2.89. The van der Waals surface area contributed by atoms with Crippen LogP contribution in [0.4, 0.5) is 18.9 Å². The van der Waals surface area contributed by atoms with Crippen LogP contribution in [0, 0.1) is 11.6 Å². The van der Waals surface area contributed by atoms with Crippen LogP contribution in [0.25, 0.3) is 11.0 Å². The van der Waals surface area contributed by atoms with Gasteiger partial charge in [0.1, 0.15) is 4.64 Å². The molecule has 0 aliphatic heterocycles. The number of halogens is 3.